The highest BCUT2D eigenvalue weighted by Gasteiger charge is 2.27. The number of anilines is 1. The lowest BCUT2D eigenvalue weighted by Crippen LogP contribution is -2.41. The van der Waals surface area contributed by atoms with Crippen LogP contribution in [-0.4, -0.2) is 34.2 Å². The molecule has 134 valence electrons. The van der Waals surface area contributed by atoms with Crippen molar-refractivity contribution in [1.82, 2.24) is 15.1 Å². The second-order valence-electron chi connectivity index (χ2n) is 6.12. The minimum atomic E-state index is -0.296. The van der Waals surface area contributed by atoms with Crippen molar-refractivity contribution in [3.63, 3.8) is 0 Å². The van der Waals surface area contributed by atoms with Crippen LogP contribution in [0.25, 0.3) is 10.6 Å². The van der Waals surface area contributed by atoms with E-state index in [2.05, 4.69) is 15.5 Å². The summed E-state index contributed by atoms with van der Waals surface area (Å²) < 4.78 is 14.0. The molecule has 0 spiro atoms. The fourth-order valence-corrected chi connectivity index (χ4v) is 4.64. The lowest BCUT2D eigenvalue weighted by molar-refractivity contribution is 0.192. The number of aromatic nitrogens is 2. The number of amides is 2. The minimum absolute atomic E-state index is 0.0870. The highest BCUT2D eigenvalue weighted by atomic mass is 32.1. The maximum atomic E-state index is 14.0. The van der Waals surface area contributed by atoms with Crippen molar-refractivity contribution in [2.24, 2.45) is 0 Å². The van der Waals surface area contributed by atoms with Gasteiger partial charge in [0.1, 0.15) is 10.8 Å². The molecule has 26 heavy (non-hydrogen) atoms. The largest absolute Gasteiger partial charge is 0.324 e. The molecule has 4 rings (SSSR count). The van der Waals surface area contributed by atoms with Gasteiger partial charge in [-0.15, -0.1) is 21.5 Å². The van der Waals surface area contributed by atoms with Gasteiger partial charge in [0, 0.05) is 24.6 Å². The normalized spacial score (nSPS) is 17.3. The zero-order valence-electron chi connectivity index (χ0n) is 13.9. The Morgan fingerprint density at radius 3 is 2.92 bits per heavy atom. The second-order valence-corrected chi connectivity index (χ2v) is 8.07. The smallest absolute Gasteiger partial charge is 0.322 e. The highest BCUT2D eigenvalue weighted by Crippen LogP contribution is 2.33. The van der Waals surface area contributed by atoms with Gasteiger partial charge >= 0.3 is 6.03 Å². The molecule has 1 unspecified atom stereocenters. The number of piperidine rings is 1. The quantitative estimate of drug-likeness (QED) is 0.700. The van der Waals surface area contributed by atoms with E-state index in [0.717, 1.165) is 29.4 Å². The summed E-state index contributed by atoms with van der Waals surface area (Å²) in [5.74, 6) is -0.161. The van der Waals surface area contributed by atoms with Crippen LogP contribution in [0.15, 0.2) is 41.8 Å². The molecule has 1 fully saturated rings. The first-order valence-electron chi connectivity index (χ1n) is 8.38. The molecule has 1 saturated heterocycles. The fraction of sp³-hybridized carbons (Fsp3) is 0.278. The van der Waals surface area contributed by atoms with Crippen molar-refractivity contribution in [1.29, 1.82) is 0 Å². The fourth-order valence-electron chi connectivity index (χ4n) is 3.04. The number of thiophene rings is 1. The third-order valence-corrected chi connectivity index (χ3v) is 6.26. The van der Waals surface area contributed by atoms with E-state index >= 15 is 0 Å². The number of hydrogen-bond donors (Lipinski definition) is 1. The van der Waals surface area contributed by atoms with Crippen LogP contribution in [0.2, 0.25) is 0 Å². The zero-order valence-corrected chi connectivity index (χ0v) is 15.5. The summed E-state index contributed by atoms with van der Waals surface area (Å²) in [6.45, 7) is 1.33. The van der Waals surface area contributed by atoms with Crippen molar-refractivity contribution in [3.8, 4) is 10.6 Å². The van der Waals surface area contributed by atoms with Crippen LogP contribution in [0, 0.1) is 5.82 Å². The minimum Gasteiger partial charge on any atom is -0.324 e. The Balaban J connectivity index is 1.46. The Labute approximate surface area is 158 Å². The van der Waals surface area contributed by atoms with E-state index in [4.69, 9.17) is 0 Å². The van der Waals surface area contributed by atoms with Gasteiger partial charge in [-0.2, -0.15) is 0 Å². The van der Waals surface area contributed by atoms with E-state index in [0.29, 0.717) is 17.1 Å². The van der Waals surface area contributed by atoms with Crippen molar-refractivity contribution < 1.29 is 9.18 Å². The highest BCUT2D eigenvalue weighted by molar-refractivity contribution is 7.14. The van der Waals surface area contributed by atoms with Crippen LogP contribution in [0.5, 0.6) is 0 Å². The Morgan fingerprint density at radius 1 is 1.23 bits per heavy atom. The number of nitrogens with zero attached hydrogens (tertiary/aromatic N) is 3. The lowest BCUT2D eigenvalue weighted by Gasteiger charge is -2.31. The molecule has 0 radical (unpaired) electrons. The average molecular weight is 388 g/mol. The molecule has 3 aromatic rings. The molecule has 2 aromatic heterocycles. The maximum Gasteiger partial charge on any atom is 0.322 e. The van der Waals surface area contributed by atoms with Gasteiger partial charge < -0.3 is 4.90 Å². The summed E-state index contributed by atoms with van der Waals surface area (Å²) in [4.78, 5) is 14.3. The number of urea groups is 1. The first-order chi connectivity index (χ1) is 12.7. The summed E-state index contributed by atoms with van der Waals surface area (Å²) >= 11 is 2.91. The van der Waals surface area contributed by atoms with Crippen molar-refractivity contribution in [2.75, 3.05) is 18.4 Å². The molecule has 5 nitrogen and oxygen atoms in total. The summed E-state index contributed by atoms with van der Waals surface area (Å²) in [5, 5.41) is 15.6. The van der Waals surface area contributed by atoms with E-state index in [1.807, 2.05) is 22.4 Å². The third-order valence-electron chi connectivity index (χ3n) is 4.35. The summed E-state index contributed by atoms with van der Waals surface area (Å²) in [6, 6.07) is 10.3. The molecule has 0 bridgehead atoms. The topological polar surface area (TPSA) is 58.1 Å². The van der Waals surface area contributed by atoms with Crippen LogP contribution < -0.4 is 5.32 Å². The van der Waals surface area contributed by atoms with E-state index in [1.165, 1.54) is 28.7 Å². The van der Waals surface area contributed by atoms with Gasteiger partial charge in [0.2, 0.25) is 0 Å². The summed E-state index contributed by atoms with van der Waals surface area (Å²) in [6.07, 6.45) is 1.87. The molecule has 1 N–H and O–H groups in total. The molecular formula is C18H17FN4OS2. The Bertz CT molecular complexity index is 896. The molecular weight excluding hydrogens is 371 g/mol. The van der Waals surface area contributed by atoms with E-state index < -0.39 is 0 Å². The Morgan fingerprint density at radius 2 is 2.12 bits per heavy atom. The van der Waals surface area contributed by atoms with E-state index in [9.17, 15) is 9.18 Å². The molecule has 0 aliphatic carbocycles. The van der Waals surface area contributed by atoms with Gasteiger partial charge in [-0.05, 0) is 42.5 Å². The van der Waals surface area contributed by atoms with E-state index in [1.54, 1.807) is 18.2 Å². The number of likely N-dealkylation sites (tertiary alicyclic amines) is 1. The van der Waals surface area contributed by atoms with Crippen molar-refractivity contribution in [2.45, 2.75) is 18.8 Å². The number of nitrogens with one attached hydrogen (secondary N) is 1. The number of hydrogen-bond acceptors (Lipinski definition) is 5. The zero-order chi connectivity index (χ0) is 17.9. The van der Waals surface area contributed by atoms with Crippen LogP contribution in [0.3, 0.4) is 0 Å². The molecule has 1 atom stereocenters. The van der Waals surface area contributed by atoms with Gasteiger partial charge in [0.05, 0.1) is 5.00 Å². The van der Waals surface area contributed by atoms with Crippen molar-refractivity contribution in [3.05, 3.63) is 52.6 Å². The van der Waals surface area contributed by atoms with Crippen LogP contribution >= 0.6 is 22.7 Å². The standard InChI is InChI=1S/C18H17FN4OS2/c19-14-7-2-1-6-13(14)17-22-21-16(26-17)12-5-3-9-23(11-12)18(24)20-15-8-4-10-25-15/h1-2,4,6-8,10,12H,3,5,9,11H2,(H,20,24). The van der Waals surface area contributed by atoms with E-state index in [-0.39, 0.29) is 17.8 Å². The summed E-state index contributed by atoms with van der Waals surface area (Å²) in [5.41, 5.74) is 0.472. The number of carbonyl (C=O) groups is 1. The molecule has 2 amide bonds. The van der Waals surface area contributed by atoms with Gasteiger partial charge in [0.25, 0.3) is 0 Å². The number of benzene rings is 1. The van der Waals surface area contributed by atoms with Gasteiger partial charge in [-0.3, -0.25) is 5.32 Å². The molecule has 3 heterocycles. The third kappa shape index (κ3) is 3.61. The number of rotatable bonds is 3. The lowest BCUT2D eigenvalue weighted by atomic mass is 9.99. The van der Waals surface area contributed by atoms with Gasteiger partial charge in [-0.25, -0.2) is 9.18 Å². The second kappa shape index (κ2) is 7.51. The monoisotopic (exact) mass is 388 g/mol. The van der Waals surface area contributed by atoms with Crippen LogP contribution in [0.4, 0.5) is 14.2 Å². The first-order valence-corrected chi connectivity index (χ1v) is 10.1. The molecule has 1 aliphatic rings. The van der Waals surface area contributed by atoms with Gasteiger partial charge in [-0.1, -0.05) is 23.5 Å². The predicted molar refractivity (Wildman–Crippen MR) is 102 cm³/mol. The molecule has 1 aromatic carbocycles. The Hall–Kier alpha value is -2.32. The first kappa shape index (κ1) is 17.1. The van der Waals surface area contributed by atoms with Gasteiger partial charge in [0.15, 0.2) is 5.01 Å². The molecule has 1 aliphatic heterocycles. The Kier molecular flexibility index (Phi) is 4.94. The van der Waals surface area contributed by atoms with Crippen LogP contribution in [-0.2, 0) is 0 Å². The number of carbonyl (C=O) groups excluding carboxylic acids is 1. The summed E-state index contributed by atoms with van der Waals surface area (Å²) in [7, 11) is 0. The predicted octanol–water partition coefficient (Wildman–Crippen LogP) is 4.82. The average Bonchev–Trinajstić information content (AvgIpc) is 3.34. The SMILES string of the molecule is O=C(Nc1cccs1)N1CCCC(c2nnc(-c3ccccc3F)s2)C1. The maximum absolute atomic E-state index is 14.0. The molecule has 0 saturated carbocycles. The van der Waals surface area contributed by atoms with Crippen molar-refractivity contribution >= 4 is 33.7 Å². The van der Waals surface area contributed by atoms with Crippen LogP contribution in [0.1, 0.15) is 23.8 Å². The number of halogens is 1. The molecule has 8 heteroatoms.